The summed E-state index contributed by atoms with van der Waals surface area (Å²) in [5.41, 5.74) is 0.955. The van der Waals surface area contributed by atoms with Crippen LogP contribution in [-0.2, 0) is 6.54 Å². The number of halogens is 2. The molecular formula is C13H16F2N2O2. The molecule has 0 radical (unpaired) electrons. The molecular weight excluding hydrogens is 254 g/mol. The molecule has 104 valence electrons. The summed E-state index contributed by atoms with van der Waals surface area (Å²) in [7, 11) is 0. The summed E-state index contributed by atoms with van der Waals surface area (Å²) in [6.07, 6.45) is -3.68. The van der Waals surface area contributed by atoms with Gasteiger partial charge in [0.15, 0.2) is 0 Å². The minimum absolute atomic E-state index is 0.139. The standard InChI is InChI=1S/C13H16F2N2O2/c14-12(15)11-9-17(13(18)19)7-6-16(11)8-10-4-2-1-3-5-10/h1-5,11-12H,6-9H2,(H,18,19)/t11-/m1/s1. The highest BCUT2D eigenvalue weighted by Gasteiger charge is 2.35. The Morgan fingerprint density at radius 2 is 2.00 bits per heavy atom. The first-order valence-corrected chi connectivity index (χ1v) is 6.12. The van der Waals surface area contributed by atoms with E-state index >= 15 is 0 Å². The molecule has 1 atom stereocenters. The van der Waals surface area contributed by atoms with Gasteiger partial charge >= 0.3 is 6.09 Å². The van der Waals surface area contributed by atoms with Gasteiger partial charge in [0.1, 0.15) is 0 Å². The van der Waals surface area contributed by atoms with Crippen molar-refractivity contribution in [3.63, 3.8) is 0 Å². The minimum atomic E-state index is -2.55. The van der Waals surface area contributed by atoms with Gasteiger partial charge in [-0.2, -0.15) is 0 Å². The van der Waals surface area contributed by atoms with Crippen LogP contribution in [0.15, 0.2) is 30.3 Å². The first-order valence-electron chi connectivity index (χ1n) is 6.12. The van der Waals surface area contributed by atoms with Gasteiger partial charge in [-0.05, 0) is 5.56 Å². The van der Waals surface area contributed by atoms with Crippen LogP contribution >= 0.6 is 0 Å². The zero-order valence-corrected chi connectivity index (χ0v) is 10.4. The molecule has 0 spiro atoms. The number of benzene rings is 1. The molecule has 1 aliphatic rings. The van der Waals surface area contributed by atoms with Crippen molar-refractivity contribution in [2.24, 2.45) is 0 Å². The van der Waals surface area contributed by atoms with E-state index in [0.29, 0.717) is 13.1 Å². The Morgan fingerprint density at radius 3 is 2.58 bits per heavy atom. The summed E-state index contributed by atoms with van der Waals surface area (Å²) >= 11 is 0. The van der Waals surface area contributed by atoms with Crippen molar-refractivity contribution in [3.05, 3.63) is 35.9 Å². The van der Waals surface area contributed by atoms with Gasteiger partial charge in [0.25, 0.3) is 6.43 Å². The van der Waals surface area contributed by atoms with Crippen molar-refractivity contribution in [3.8, 4) is 0 Å². The van der Waals surface area contributed by atoms with E-state index in [0.717, 1.165) is 10.5 Å². The maximum atomic E-state index is 13.0. The van der Waals surface area contributed by atoms with E-state index in [9.17, 15) is 13.6 Å². The summed E-state index contributed by atoms with van der Waals surface area (Å²) in [5, 5.41) is 8.88. The lowest BCUT2D eigenvalue weighted by atomic mass is 10.1. The Labute approximate surface area is 110 Å². The van der Waals surface area contributed by atoms with Crippen LogP contribution in [0.1, 0.15) is 5.56 Å². The lowest BCUT2D eigenvalue weighted by molar-refractivity contribution is -0.0228. The molecule has 1 amide bonds. The molecule has 1 fully saturated rings. The van der Waals surface area contributed by atoms with E-state index in [2.05, 4.69) is 0 Å². The second-order valence-corrected chi connectivity index (χ2v) is 4.59. The van der Waals surface area contributed by atoms with Crippen molar-refractivity contribution in [1.29, 1.82) is 0 Å². The van der Waals surface area contributed by atoms with Crippen molar-refractivity contribution < 1.29 is 18.7 Å². The lowest BCUT2D eigenvalue weighted by Crippen LogP contribution is -2.56. The predicted octanol–water partition coefficient (Wildman–Crippen LogP) is 2.12. The van der Waals surface area contributed by atoms with Gasteiger partial charge in [0, 0.05) is 26.2 Å². The maximum absolute atomic E-state index is 13.0. The monoisotopic (exact) mass is 270 g/mol. The van der Waals surface area contributed by atoms with Crippen LogP contribution < -0.4 is 0 Å². The highest BCUT2D eigenvalue weighted by molar-refractivity contribution is 5.65. The molecule has 1 aliphatic heterocycles. The molecule has 1 aromatic rings. The van der Waals surface area contributed by atoms with E-state index in [-0.39, 0.29) is 13.1 Å². The van der Waals surface area contributed by atoms with E-state index in [1.165, 1.54) is 0 Å². The number of hydrogen-bond acceptors (Lipinski definition) is 2. The minimum Gasteiger partial charge on any atom is -0.465 e. The van der Waals surface area contributed by atoms with Crippen LogP contribution in [0.2, 0.25) is 0 Å². The largest absolute Gasteiger partial charge is 0.465 e. The average molecular weight is 270 g/mol. The van der Waals surface area contributed by atoms with E-state index in [1.54, 1.807) is 4.90 Å². The Hall–Kier alpha value is -1.69. The number of carboxylic acid groups (broad SMARTS) is 1. The molecule has 0 bridgehead atoms. The number of hydrogen-bond donors (Lipinski definition) is 1. The van der Waals surface area contributed by atoms with Gasteiger partial charge in [-0.1, -0.05) is 30.3 Å². The SMILES string of the molecule is O=C(O)N1CCN(Cc2ccccc2)[C@@H](C(F)F)C1. The molecule has 1 heterocycles. The Bertz CT molecular complexity index is 428. The molecule has 19 heavy (non-hydrogen) atoms. The van der Waals surface area contributed by atoms with Crippen molar-refractivity contribution in [2.75, 3.05) is 19.6 Å². The third-order valence-electron chi connectivity index (χ3n) is 3.32. The molecule has 1 N–H and O–H groups in total. The molecule has 2 rings (SSSR count). The van der Waals surface area contributed by atoms with E-state index < -0.39 is 18.6 Å². The number of rotatable bonds is 3. The zero-order valence-electron chi connectivity index (χ0n) is 10.4. The summed E-state index contributed by atoms with van der Waals surface area (Å²) < 4.78 is 26.1. The topological polar surface area (TPSA) is 43.8 Å². The normalized spacial score (nSPS) is 20.8. The quantitative estimate of drug-likeness (QED) is 0.915. The average Bonchev–Trinajstić information content (AvgIpc) is 2.39. The smallest absolute Gasteiger partial charge is 0.407 e. The van der Waals surface area contributed by atoms with Crippen molar-refractivity contribution in [1.82, 2.24) is 9.80 Å². The number of carbonyl (C=O) groups is 1. The van der Waals surface area contributed by atoms with Crippen LogP contribution in [0.4, 0.5) is 13.6 Å². The summed E-state index contributed by atoms with van der Waals surface area (Å²) in [5.74, 6) is 0. The molecule has 0 aromatic heterocycles. The Kier molecular flexibility index (Phi) is 4.31. The Balaban J connectivity index is 2.05. The van der Waals surface area contributed by atoms with Crippen LogP contribution in [0, 0.1) is 0 Å². The first kappa shape index (κ1) is 13.7. The number of nitrogens with zero attached hydrogens (tertiary/aromatic N) is 2. The number of amides is 1. The Morgan fingerprint density at radius 1 is 1.32 bits per heavy atom. The third-order valence-corrected chi connectivity index (χ3v) is 3.32. The molecule has 0 unspecified atom stereocenters. The fraction of sp³-hybridized carbons (Fsp3) is 0.462. The highest BCUT2D eigenvalue weighted by atomic mass is 19.3. The number of piperazine rings is 1. The molecule has 1 aromatic carbocycles. The van der Waals surface area contributed by atoms with Crippen molar-refractivity contribution >= 4 is 6.09 Å². The second kappa shape index (κ2) is 5.97. The van der Waals surface area contributed by atoms with Gasteiger partial charge < -0.3 is 10.0 Å². The van der Waals surface area contributed by atoms with E-state index in [1.807, 2.05) is 30.3 Å². The number of alkyl halides is 2. The maximum Gasteiger partial charge on any atom is 0.407 e. The first-order chi connectivity index (χ1) is 9.08. The summed E-state index contributed by atoms with van der Waals surface area (Å²) in [4.78, 5) is 13.6. The van der Waals surface area contributed by atoms with Crippen LogP contribution in [0.5, 0.6) is 0 Å². The molecule has 0 aliphatic carbocycles. The van der Waals surface area contributed by atoms with Gasteiger partial charge in [-0.25, -0.2) is 13.6 Å². The lowest BCUT2D eigenvalue weighted by Gasteiger charge is -2.39. The fourth-order valence-electron chi connectivity index (χ4n) is 2.27. The third kappa shape index (κ3) is 3.41. The summed E-state index contributed by atoms with van der Waals surface area (Å²) in [6.45, 7) is 0.880. The van der Waals surface area contributed by atoms with Gasteiger partial charge in [0.2, 0.25) is 0 Å². The van der Waals surface area contributed by atoms with Gasteiger partial charge in [-0.3, -0.25) is 4.90 Å². The van der Waals surface area contributed by atoms with Gasteiger partial charge in [-0.15, -0.1) is 0 Å². The van der Waals surface area contributed by atoms with Crippen LogP contribution in [0.3, 0.4) is 0 Å². The van der Waals surface area contributed by atoms with Gasteiger partial charge in [0.05, 0.1) is 6.04 Å². The van der Waals surface area contributed by atoms with Crippen LogP contribution in [0.25, 0.3) is 0 Å². The van der Waals surface area contributed by atoms with E-state index in [4.69, 9.17) is 5.11 Å². The zero-order chi connectivity index (χ0) is 13.8. The summed E-state index contributed by atoms with van der Waals surface area (Å²) in [6, 6.07) is 8.32. The molecule has 1 saturated heterocycles. The second-order valence-electron chi connectivity index (χ2n) is 4.59. The highest BCUT2D eigenvalue weighted by Crippen LogP contribution is 2.19. The molecule has 6 heteroatoms. The molecule has 4 nitrogen and oxygen atoms in total. The fourth-order valence-corrected chi connectivity index (χ4v) is 2.27. The van der Waals surface area contributed by atoms with Crippen molar-refractivity contribution in [2.45, 2.75) is 19.0 Å². The van der Waals surface area contributed by atoms with Crippen LogP contribution in [-0.4, -0.2) is 53.1 Å². The molecule has 0 saturated carbocycles. The predicted molar refractivity (Wildman–Crippen MR) is 66.2 cm³/mol.